The van der Waals surface area contributed by atoms with E-state index in [4.69, 9.17) is 4.98 Å². The van der Waals surface area contributed by atoms with Crippen LogP contribution >= 0.6 is 0 Å². The summed E-state index contributed by atoms with van der Waals surface area (Å²) in [5, 5.41) is 3.31. The van der Waals surface area contributed by atoms with Crippen molar-refractivity contribution in [3.8, 4) is 0 Å². The summed E-state index contributed by atoms with van der Waals surface area (Å²) >= 11 is 0. The zero-order valence-electron chi connectivity index (χ0n) is 13.1. The zero-order chi connectivity index (χ0) is 15.1. The third-order valence-electron chi connectivity index (χ3n) is 3.35. The SMILES string of the molecule is CCNCc1cccc(N(CC)Cc2cccc(C)n2)n1. The van der Waals surface area contributed by atoms with E-state index in [1.54, 1.807) is 0 Å². The molecule has 4 heteroatoms. The molecule has 1 N–H and O–H groups in total. The fraction of sp³-hybridized carbons (Fsp3) is 0.412. The van der Waals surface area contributed by atoms with Crippen LogP contribution in [0.25, 0.3) is 0 Å². The van der Waals surface area contributed by atoms with Crippen molar-refractivity contribution in [2.24, 2.45) is 0 Å². The van der Waals surface area contributed by atoms with Crippen LogP contribution in [-0.2, 0) is 13.1 Å². The number of aromatic nitrogens is 2. The molecule has 0 saturated heterocycles. The Balaban J connectivity index is 2.13. The number of anilines is 1. The summed E-state index contributed by atoms with van der Waals surface area (Å²) in [6.45, 7) is 9.74. The van der Waals surface area contributed by atoms with Gasteiger partial charge in [0.1, 0.15) is 5.82 Å². The lowest BCUT2D eigenvalue weighted by atomic mass is 10.2. The predicted octanol–water partition coefficient (Wildman–Crippen LogP) is 2.92. The van der Waals surface area contributed by atoms with Gasteiger partial charge in [0.25, 0.3) is 0 Å². The van der Waals surface area contributed by atoms with Crippen LogP contribution in [0.2, 0.25) is 0 Å². The van der Waals surface area contributed by atoms with E-state index >= 15 is 0 Å². The largest absolute Gasteiger partial charge is 0.351 e. The van der Waals surface area contributed by atoms with Gasteiger partial charge in [-0.3, -0.25) is 4.98 Å². The van der Waals surface area contributed by atoms with Crippen molar-refractivity contribution < 1.29 is 0 Å². The van der Waals surface area contributed by atoms with Gasteiger partial charge in [-0.15, -0.1) is 0 Å². The number of hydrogen-bond donors (Lipinski definition) is 1. The van der Waals surface area contributed by atoms with E-state index in [1.165, 1.54) is 0 Å². The fourth-order valence-corrected chi connectivity index (χ4v) is 2.23. The van der Waals surface area contributed by atoms with Crippen molar-refractivity contribution >= 4 is 5.82 Å². The normalized spacial score (nSPS) is 10.6. The molecule has 2 heterocycles. The lowest BCUT2D eigenvalue weighted by molar-refractivity contribution is 0.705. The molecule has 0 spiro atoms. The van der Waals surface area contributed by atoms with Crippen LogP contribution in [0.15, 0.2) is 36.4 Å². The maximum absolute atomic E-state index is 4.74. The van der Waals surface area contributed by atoms with Crippen LogP contribution in [0, 0.1) is 6.92 Å². The van der Waals surface area contributed by atoms with Gasteiger partial charge in [0, 0.05) is 18.8 Å². The Kier molecular flexibility index (Phi) is 5.69. The van der Waals surface area contributed by atoms with E-state index in [9.17, 15) is 0 Å². The van der Waals surface area contributed by atoms with Crippen molar-refractivity contribution in [1.82, 2.24) is 15.3 Å². The number of aryl methyl sites for hydroxylation is 1. The lowest BCUT2D eigenvalue weighted by Gasteiger charge is -2.22. The summed E-state index contributed by atoms with van der Waals surface area (Å²) in [7, 11) is 0. The van der Waals surface area contributed by atoms with Crippen molar-refractivity contribution in [2.75, 3.05) is 18.0 Å². The molecule has 0 atom stereocenters. The minimum absolute atomic E-state index is 0.788. The number of pyridine rings is 2. The third kappa shape index (κ3) is 4.53. The van der Waals surface area contributed by atoms with Gasteiger partial charge in [-0.2, -0.15) is 0 Å². The Morgan fingerprint density at radius 2 is 1.76 bits per heavy atom. The van der Waals surface area contributed by atoms with Gasteiger partial charge in [0.05, 0.1) is 17.9 Å². The smallest absolute Gasteiger partial charge is 0.129 e. The predicted molar refractivity (Wildman–Crippen MR) is 87.3 cm³/mol. The average Bonchev–Trinajstić information content (AvgIpc) is 2.51. The highest BCUT2D eigenvalue weighted by atomic mass is 15.2. The van der Waals surface area contributed by atoms with Crippen molar-refractivity contribution in [3.63, 3.8) is 0 Å². The highest BCUT2D eigenvalue weighted by Gasteiger charge is 2.08. The van der Waals surface area contributed by atoms with Crippen molar-refractivity contribution in [1.29, 1.82) is 0 Å². The summed E-state index contributed by atoms with van der Waals surface area (Å²) < 4.78 is 0. The van der Waals surface area contributed by atoms with Gasteiger partial charge < -0.3 is 10.2 Å². The Morgan fingerprint density at radius 1 is 1.00 bits per heavy atom. The Hall–Kier alpha value is -1.94. The van der Waals surface area contributed by atoms with E-state index in [2.05, 4.69) is 59.4 Å². The third-order valence-corrected chi connectivity index (χ3v) is 3.35. The maximum atomic E-state index is 4.74. The maximum Gasteiger partial charge on any atom is 0.129 e. The Bertz CT molecular complexity index is 568. The molecule has 0 aliphatic carbocycles. The summed E-state index contributed by atoms with van der Waals surface area (Å²) in [4.78, 5) is 11.6. The molecule has 2 aromatic rings. The molecular weight excluding hydrogens is 260 g/mol. The fourth-order valence-electron chi connectivity index (χ4n) is 2.23. The van der Waals surface area contributed by atoms with Crippen LogP contribution in [0.3, 0.4) is 0 Å². The van der Waals surface area contributed by atoms with Crippen molar-refractivity contribution in [2.45, 2.75) is 33.9 Å². The van der Waals surface area contributed by atoms with Gasteiger partial charge in [0.15, 0.2) is 0 Å². The number of rotatable bonds is 7. The van der Waals surface area contributed by atoms with Crippen molar-refractivity contribution in [3.05, 3.63) is 53.5 Å². The number of hydrogen-bond acceptors (Lipinski definition) is 4. The van der Waals surface area contributed by atoms with Crippen LogP contribution in [-0.4, -0.2) is 23.1 Å². The molecule has 4 nitrogen and oxygen atoms in total. The summed E-state index contributed by atoms with van der Waals surface area (Å²) in [6, 6.07) is 12.3. The molecule has 0 saturated carbocycles. The van der Waals surface area contributed by atoms with E-state index in [0.717, 1.165) is 49.1 Å². The zero-order valence-corrected chi connectivity index (χ0v) is 13.1. The van der Waals surface area contributed by atoms with Gasteiger partial charge >= 0.3 is 0 Å². The monoisotopic (exact) mass is 284 g/mol. The molecule has 0 amide bonds. The first-order valence-corrected chi connectivity index (χ1v) is 7.57. The molecule has 2 rings (SSSR count). The summed E-state index contributed by atoms with van der Waals surface area (Å²) in [6.07, 6.45) is 0. The molecule has 0 aliphatic rings. The van der Waals surface area contributed by atoms with Crippen LogP contribution < -0.4 is 10.2 Å². The molecule has 21 heavy (non-hydrogen) atoms. The second-order valence-electron chi connectivity index (χ2n) is 5.05. The highest BCUT2D eigenvalue weighted by molar-refractivity contribution is 5.39. The average molecular weight is 284 g/mol. The lowest BCUT2D eigenvalue weighted by Crippen LogP contribution is -2.24. The standard InChI is InChI=1S/C17H24N4/c1-4-18-12-15-9-7-11-17(20-15)21(5-2)13-16-10-6-8-14(3)19-16/h6-11,18H,4-5,12-13H2,1-3H3. The topological polar surface area (TPSA) is 41.0 Å². The number of nitrogens with one attached hydrogen (secondary N) is 1. The summed E-state index contributed by atoms with van der Waals surface area (Å²) in [5.41, 5.74) is 3.21. The second kappa shape index (κ2) is 7.74. The molecule has 0 aliphatic heterocycles. The first-order chi connectivity index (χ1) is 10.2. The minimum atomic E-state index is 0.788. The van der Waals surface area contributed by atoms with Gasteiger partial charge in [-0.05, 0) is 44.7 Å². The highest BCUT2D eigenvalue weighted by Crippen LogP contribution is 2.14. The van der Waals surface area contributed by atoms with Crippen LogP contribution in [0.1, 0.15) is 30.9 Å². The molecule has 0 fully saturated rings. The van der Waals surface area contributed by atoms with Gasteiger partial charge in [-0.1, -0.05) is 19.1 Å². The van der Waals surface area contributed by atoms with Gasteiger partial charge in [0.2, 0.25) is 0 Å². The van der Waals surface area contributed by atoms with E-state index in [0.29, 0.717) is 0 Å². The molecule has 112 valence electrons. The Morgan fingerprint density at radius 3 is 2.48 bits per heavy atom. The molecule has 2 aromatic heterocycles. The Labute approximate surface area is 127 Å². The van der Waals surface area contributed by atoms with Crippen LogP contribution in [0.5, 0.6) is 0 Å². The molecular formula is C17H24N4. The van der Waals surface area contributed by atoms with Crippen LogP contribution in [0.4, 0.5) is 5.82 Å². The first kappa shape index (κ1) is 15.4. The molecule has 0 bridgehead atoms. The molecule has 0 aromatic carbocycles. The first-order valence-electron chi connectivity index (χ1n) is 7.57. The van der Waals surface area contributed by atoms with E-state index in [-0.39, 0.29) is 0 Å². The molecule has 0 unspecified atom stereocenters. The van der Waals surface area contributed by atoms with E-state index in [1.807, 2.05) is 13.0 Å². The quantitative estimate of drug-likeness (QED) is 0.849. The van der Waals surface area contributed by atoms with E-state index < -0.39 is 0 Å². The summed E-state index contributed by atoms with van der Waals surface area (Å²) in [5.74, 6) is 1.01. The van der Waals surface area contributed by atoms with Gasteiger partial charge in [-0.25, -0.2) is 4.98 Å². The number of nitrogens with zero attached hydrogens (tertiary/aromatic N) is 3. The minimum Gasteiger partial charge on any atom is -0.351 e. The molecule has 0 radical (unpaired) electrons. The second-order valence-corrected chi connectivity index (χ2v) is 5.05.